The lowest BCUT2D eigenvalue weighted by molar-refractivity contribution is -0.167. The highest BCUT2D eigenvalue weighted by atomic mass is 16.5. The first kappa shape index (κ1) is 38.9. The van der Waals surface area contributed by atoms with E-state index in [4.69, 9.17) is 9.15 Å². The van der Waals surface area contributed by atoms with Gasteiger partial charge >= 0.3 is 5.97 Å². The summed E-state index contributed by atoms with van der Waals surface area (Å²) < 4.78 is 11.5. The second-order valence-electron chi connectivity index (χ2n) is 12.3. The second-order valence-corrected chi connectivity index (χ2v) is 12.3. The van der Waals surface area contributed by atoms with E-state index in [9.17, 15) is 39.5 Å². The van der Waals surface area contributed by atoms with Crippen molar-refractivity contribution in [2.45, 2.75) is 116 Å². The number of nitrogens with one attached hydrogen (secondary N) is 2. The van der Waals surface area contributed by atoms with Crippen LogP contribution in [-0.4, -0.2) is 92.0 Å². The van der Waals surface area contributed by atoms with Crippen molar-refractivity contribution in [2.75, 3.05) is 13.1 Å². The molecular formula is C34H49N5O10. The van der Waals surface area contributed by atoms with Gasteiger partial charge in [0.25, 0.3) is 11.8 Å². The molecule has 0 spiro atoms. The number of ether oxygens (including phenoxy) is 1. The zero-order chi connectivity index (χ0) is 35.8. The number of para-hydroxylation sites is 1. The molecule has 1 aromatic carbocycles. The van der Waals surface area contributed by atoms with Gasteiger partial charge in [-0.2, -0.15) is 0 Å². The van der Waals surface area contributed by atoms with Crippen molar-refractivity contribution in [3.8, 4) is 17.2 Å². The average molecular weight is 688 g/mol. The number of phenolic OH excluding ortho intramolecular Hbond substituents is 1. The van der Waals surface area contributed by atoms with Crippen LogP contribution in [0.5, 0.6) is 5.75 Å². The molecule has 3 atom stereocenters. The number of aromatic nitrogens is 1. The van der Waals surface area contributed by atoms with Crippen LogP contribution in [-0.2, 0) is 23.9 Å². The third kappa shape index (κ3) is 12.5. The predicted molar refractivity (Wildman–Crippen MR) is 175 cm³/mol. The van der Waals surface area contributed by atoms with Crippen molar-refractivity contribution in [1.82, 2.24) is 25.7 Å². The molecule has 1 aliphatic heterocycles. The van der Waals surface area contributed by atoms with Gasteiger partial charge in [0, 0.05) is 13.1 Å². The molecule has 0 radical (unpaired) electrons. The number of unbranched alkanes of at least 4 members (excludes halogenated alkanes) is 5. The monoisotopic (exact) mass is 687 g/mol. The average Bonchev–Trinajstić information content (AvgIpc) is 3.40. The zero-order valence-electron chi connectivity index (χ0n) is 28.3. The molecule has 5 N–H and O–H groups in total. The summed E-state index contributed by atoms with van der Waals surface area (Å²) in [5.74, 6) is -2.53. The van der Waals surface area contributed by atoms with Crippen LogP contribution in [0.3, 0.4) is 0 Å². The van der Waals surface area contributed by atoms with Crippen LogP contribution in [0.2, 0.25) is 0 Å². The Labute approximate surface area is 285 Å². The number of oxazole rings is 1. The number of hydrogen-bond acceptors (Lipinski definition) is 11. The van der Waals surface area contributed by atoms with E-state index in [1.807, 2.05) is 0 Å². The molecule has 4 amide bonds. The Kier molecular flexibility index (Phi) is 16.0. The fraction of sp³-hybridized carbons (Fsp3) is 0.588. The number of hydrogen-bond donors (Lipinski definition) is 5. The SMILES string of the molecule is CCCCCCC[C@H](CC(=O)N[C@H]1CCCCN(O)C1=O)OC(=O)[C@H](CCCCN(O)C=O)NC(=O)c1nc(-c2ccccc2O)oc1C. The van der Waals surface area contributed by atoms with Gasteiger partial charge < -0.3 is 24.9 Å². The Bertz CT molecular complexity index is 1400. The number of aryl methyl sites for hydroxylation is 1. The highest BCUT2D eigenvalue weighted by Crippen LogP contribution is 2.29. The Morgan fingerprint density at radius 2 is 1.86 bits per heavy atom. The molecule has 2 aromatic rings. The first-order chi connectivity index (χ1) is 23.5. The molecule has 15 heteroatoms. The molecule has 2 heterocycles. The standard InChI is InChI=1S/C34H49N5O10/c1-3-4-5-6-7-14-24(21-29(42)35-26-16-11-13-20-39(47)33(26)44)49-34(45)27(17-10-12-19-38(46)22-40)36-31(43)30-23(2)48-32(37-30)25-15-8-9-18-28(25)41/h8-9,15,18,22,24,26-27,41,46-47H,3-7,10-14,16-17,19-21H2,1-2H3,(H,35,42)(H,36,43)/t24-,26+,27+/m1/s1. The second kappa shape index (κ2) is 20.1. The van der Waals surface area contributed by atoms with E-state index in [0.29, 0.717) is 55.1 Å². The normalized spacial score (nSPS) is 16.0. The van der Waals surface area contributed by atoms with E-state index in [0.717, 1.165) is 25.7 Å². The summed E-state index contributed by atoms with van der Waals surface area (Å²) in [6, 6.07) is 4.27. The number of amides is 4. The summed E-state index contributed by atoms with van der Waals surface area (Å²) in [7, 11) is 0. The van der Waals surface area contributed by atoms with Crippen molar-refractivity contribution in [3.05, 3.63) is 35.7 Å². The van der Waals surface area contributed by atoms with Crippen molar-refractivity contribution >= 4 is 30.1 Å². The minimum Gasteiger partial charge on any atom is -0.507 e. The summed E-state index contributed by atoms with van der Waals surface area (Å²) in [5, 5.41) is 36.1. The smallest absolute Gasteiger partial charge is 0.328 e. The van der Waals surface area contributed by atoms with Gasteiger partial charge in [0.2, 0.25) is 18.2 Å². The van der Waals surface area contributed by atoms with E-state index >= 15 is 0 Å². The number of rotatable bonds is 20. The van der Waals surface area contributed by atoms with Crippen molar-refractivity contribution < 1.29 is 48.6 Å². The summed E-state index contributed by atoms with van der Waals surface area (Å²) in [4.78, 5) is 67.7. The fourth-order valence-corrected chi connectivity index (χ4v) is 5.57. The van der Waals surface area contributed by atoms with E-state index in [1.54, 1.807) is 18.2 Å². The third-order valence-electron chi connectivity index (χ3n) is 8.31. The maximum atomic E-state index is 13.7. The number of carbonyl (C=O) groups excluding carboxylic acids is 5. The molecule has 49 heavy (non-hydrogen) atoms. The first-order valence-corrected chi connectivity index (χ1v) is 17.0. The number of phenols is 1. The van der Waals surface area contributed by atoms with Crippen molar-refractivity contribution in [2.24, 2.45) is 0 Å². The third-order valence-corrected chi connectivity index (χ3v) is 8.31. The lowest BCUT2D eigenvalue weighted by atomic mass is 10.0. The van der Waals surface area contributed by atoms with Gasteiger partial charge in [0.05, 0.1) is 12.0 Å². The summed E-state index contributed by atoms with van der Waals surface area (Å²) in [5.41, 5.74) is 0.179. The van der Waals surface area contributed by atoms with Crippen LogP contribution in [0.25, 0.3) is 11.5 Å². The number of hydroxylamine groups is 4. The number of nitrogens with zero attached hydrogens (tertiary/aromatic N) is 3. The highest BCUT2D eigenvalue weighted by molar-refractivity contribution is 5.96. The molecule has 0 saturated carbocycles. The Hall–Kier alpha value is -4.50. The Morgan fingerprint density at radius 1 is 1.12 bits per heavy atom. The summed E-state index contributed by atoms with van der Waals surface area (Å²) in [6.07, 6.45) is 6.51. The quantitative estimate of drug-likeness (QED) is 0.0441. The van der Waals surface area contributed by atoms with E-state index in [2.05, 4.69) is 22.5 Å². The number of esters is 1. The first-order valence-electron chi connectivity index (χ1n) is 17.0. The van der Waals surface area contributed by atoms with Crippen LogP contribution < -0.4 is 10.6 Å². The van der Waals surface area contributed by atoms with Crippen LogP contribution in [0, 0.1) is 6.92 Å². The topological polar surface area (TPSA) is 212 Å². The minimum absolute atomic E-state index is 0.0112. The summed E-state index contributed by atoms with van der Waals surface area (Å²) >= 11 is 0. The van der Waals surface area contributed by atoms with Gasteiger partial charge in [0.15, 0.2) is 5.69 Å². The minimum atomic E-state index is -1.18. The molecule has 15 nitrogen and oxygen atoms in total. The molecule has 0 bridgehead atoms. The summed E-state index contributed by atoms with van der Waals surface area (Å²) in [6.45, 7) is 3.81. The van der Waals surface area contributed by atoms with Crippen LogP contribution >= 0.6 is 0 Å². The highest BCUT2D eigenvalue weighted by Gasteiger charge is 2.31. The number of carbonyl (C=O) groups is 5. The molecule has 270 valence electrons. The van der Waals surface area contributed by atoms with Crippen LogP contribution in [0.4, 0.5) is 0 Å². The predicted octanol–water partition coefficient (Wildman–Crippen LogP) is 4.02. The molecule has 0 unspecified atom stereocenters. The Balaban J connectivity index is 1.75. The van der Waals surface area contributed by atoms with Crippen LogP contribution in [0.15, 0.2) is 28.7 Å². The molecule has 3 rings (SSSR count). The molecule has 1 fully saturated rings. The molecule has 1 aromatic heterocycles. The maximum absolute atomic E-state index is 13.7. The van der Waals surface area contributed by atoms with Gasteiger partial charge in [-0.15, -0.1) is 0 Å². The molecule has 1 aliphatic rings. The van der Waals surface area contributed by atoms with Gasteiger partial charge in [-0.1, -0.05) is 44.7 Å². The lowest BCUT2D eigenvalue weighted by Gasteiger charge is -2.24. The van der Waals surface area contributed by atoms with Gasteiger partial charge in [-0.25, -0.2) is 19.9 Å². The van der Waals surface area contributed by atoms with E-state index < -0.39 is 41.9 Å². The molecule has 1 saturated heterocycles. The van der Waals surface area contributed by atoms with Crippen LogP contribution in [0.1, 0.15) is 107 Å². The van der Waals surface area contributed by atoms with Crippen molar-refractivity contribution in [3.63, 3.8) is 0 Å². The van der Waals surface area contributed by atoms with Gasteiger partial charge in [0.1, 0.15) is 29.7 Å². The zero-order valence-corrected chi connectivity index (χ0v) is 28.3. The Morgan fingerprint density at radius 3 is 2.59 bits per heavy atom. The largest absolute Gasteiger partial charge is 0.507 e. The number of aromatic hydroxyl groups is 1. The number of benzene rings is 1. The fourth-order valence-electron chi connectivity index (χ4n) is 5.57. The van der Waals surface area contributed by atoms with Crippen molar-refractivity contribution in [1.29, 1.82) is 0 Å². The molecule has 0 aliphatic carbocycles. The maximum Gasteiger partial charge on any atom is 0.328 e. The lowest BCUT2D eigenvalue weighted by Crippen LogP contribution is -2.47. The van der Waals surface area contributed by atoms with Gasteiger partial charge in [-0.3, -0.25) is 29.6 Å². The van der Waals surface area contributed by atoms with Gasteiger partial charge in [-0.05, 0) is 70.4 Å². The molecular weight excluding hydrogens is 638 g/mol. The van der Waals surface area contributed by atoms with E-state index in [1.165, 1.54) is 13.0 Å². The van der Waals surface area contributed by atoms with E-state index in [-0.39, 0.29) is 61.0 Å².